The van der Waals surface area contributed by atoms with E-state index in [1.807, 2.05) is 12.3 Å². The summed E-state index contributed by atoms with van der Waals surface area (Å²) in [7, 11) is 0. The van der Waals surface area contributed by atoms with Crippen molar-refractivity contribution in [3.05, 3.63) is 42.3 Å². The van der Waals surface area contributed by atoms with Gasteiger partial charge in [0, 0.05) is 45.5 Å². The topological polar surface area (TPSA) is 61.8 Å². The maximum absolute atomic E-state index is 12.9. The Labute approximate surface area is 163 Å². The monoisotopic (exact) mass is 385 g/mol. The molecule has 1 aromatic carbocycles. The first-order valence-corrected chi connectivity index (χ1v) is 9.68. The molecule has 0 bridgehead atoms. The molecule has 0 aliphatic carbocycles. The highest BCUT2D eigenvalue weighted by atomic mass is 19.1. The maximum atomic E-state index is 12.9. The summed E-state index contributed by atoms with van der Waals surface area (Å²) < 4.78 is 18.4. The highest BCUT2D eigenvalue weighted by Gasteiger charge is 2.23. The fourth-order valence-corrected chi connectivity index (χ4v) is 3.54. The first-order valence-electron chi connectivity index (χ1n) is 9.68. The summed E-state index contributed by atoms with van der Waals surface area (Å²) >= 11 is 0. The Hall–Kier alpha value is -2.90. The van der Waals surface area contributed by atoms with E-state index in [0.717, 1.165) is 37.9 Å². The molecule has 8 heteroatoms. The molecule has 2 saturated heterocycles. The number of nitrogens with zero attached hydrogens (tertiary/aromatic N) is 5. The molecule has 1 aromatic heterocycles. The van der Waals surface area contributed by atoms with Gasteiger partial charge in [0.25, 0.3) is 5.91 Å². The van der Waals surface area contributed by atoms with Gasteiger partial charge in [-0.25, -0.2) is 9.37 Å². The van der Waals surface area contributed by atoms with Crippen molar-refractivity contribution in [3.63, 3.8) is 0 Å². The van der Waals surface area contributed by atoms with Crippen molar-refractivity contribution < 1.29 is 13.9 Å². The fraction of sp³-hybridized carbons (Fsp3) is 0.450. The lowest BCUT2D eigenvalue weighted by molar-refractivity contribution is -0.133. The minimum Gasteiger partial charge on any atom is -0.484 e. The third-order valence-electron chi connectivity index (χ3n) is 5.15. The number of piperazine rings is 1. The third kappa shape index (κ3) is 4.32. The third-order valence-corrected chi connectivity index (χ3v) is 5.15. The van der Waals surface area contributed by atoms with Gasteiger partial charge in [0.05, 0.1) is 0 Å². The number of rotatable bonds is 5. The van der Waals surface area contributed by atoms with E-state index in [1.165, 1.54) is 37.1 Å². The van der Waals surface area contributed by atoms with Crippen LogP contribution in [0, 0.1) is 5.82 Å². The second kappa shape index (κ2) is 8.41. The zero-order valence-electron chi connectivity index (χ0n) is 15.8. The second-order valence-corrected chi connectivity index (χ2v) is 7.02. The van der Waals surface area contributed by atoms with Crippen molar-refractivity contribution in [1.29, 1.82) is 0 Å². The van der Waals surface area contributed by atoms with Crippen LogP contribution in [0.4, 0.5) is 16.2 Å². The number of aromatic nitrogens is 2. The number of anilines is 2. The molecule has 0 atom stereocenters. The molecule has 2 aromatic rings. The molecule has 7 nitrogen and oxygen atoms in total. The number of halogens is 1. The van der Waals surface area contributed by atoms with E-state index in [-0.39, 0.29) is 18.3 Å². The lowest BCUT2D eigenvalue weighted by Crippen LogP contribution is -2.50. The van der Waals surface area contributed by atoms with Crippen LogP contribution in [0.1, 0.15) is 12.8 Å². The van der Waals surface area contributed by atoms with Gasteiger partial charge in [-0.05, 0) is 43.2 Å². The molecule has 0 saturated carbocycles. The van der Waals surface area contributed by atoms with E-state index in [2.05, 4.69) is 14.8 Å². The minimum atomic E-state index is -0.326. The summed E-state index contributed by atoms with van der Waals surface area (Å²) in [5.74, 6) is 1.80. The molecule has 0 N–H and O–H groups in total. The van der Waals surface area contributed by atoms with Gasteiger partial charge in [0.15, 0.2) is 6.61 Å². The second-order valence-electron chi connectivity index (χ2n) is 7.02. The van der Waals surface area contributed by atoms with Crippen molar-refractivity contribution in [1.82, 2.24) is 14.9 Å². The van der Waals surface area contributed by atoms with Crippen LogP contribution in [-0.4, -0.2) is 66.7 Å². The highest BCUT2D eigenvalue weighted by Crippen LogP contribution is 2.20. The van der Waals surface area contributed by atoms with E-state index >= 15 is 0 Å². The van der Waals surface area contributed by atoms with Crippen LogP contribution in [0.25, 0.3) is 0 Å². The molecule has 3 heterocycles. The van der Waals surface area contributed by atoms with E-state index < -0.39 is 0 Å². The highest BCUT2D eigenvalue weighted by molar-refractivity contribution is 5.78. The first-order chi connectivity index (χ1) is 13.7. The number of carbonyl (C=O) groups excluding carboxylic acids is 1. The smallest absolute Gasteiger partial charge is 0.260 e. The lowest BCUT2D eigenvalue weighted by Gasteiger charge is -2.35. The average molecular weight is 385 g/mol. The van der Waals surface area contributed by atoms with Crippen molar-refractivity contribution in [2.45, 2.75) is 12.8 Å². The standard InChI is InChI=1S/C20H24FN5O2/c21-16-3-5-17(6-4-16)28-15-19(27)25-13-11-24(12-14-25)18-7-8-22-20(23-18)26-9-1-2-10-26/h3-8H,1-2,9-15H2. The number of benzene rings is 1. The van der Waals surface area contributed by atoms with Gasteiger partial charge in [-0.3, -0.25) is 4.79 Å². The van der Waals surface area contributed by atoms with Crippen LogP contribution in [0.2, 0.25) is 0 Å². The Morgan fingerprint density at radius 1 is 0.964 bits per heavy atom. The van der Waals surface area contributed by atoms with Crippen LogP contribution in [0.3, 0.4) is 0 Å². The minimum absolute atomic E-state index is 0.0434. The molecule has 0 unspecified atom stereocenters. The lowest BCUT2D eigenvalue weighted by atomic mass is 10.3. The van der Waals surface area contributed by atoms with Gasteiger partial charge in [-0.2, -0.15) is 4.98 Å². The summed E-state index contributed by atoms with van der Waals surface area (Å²) in [6.45, 7) is 4.67. The van der Waals surface area contributed by atoms with E-state index in [4.69, 9.17) is 9.72 Å². The summed E-state index contributed by atoms with van der Waals surface area (Å²) in [4.78, 5) is 27.7. The molecular weight excluding hydrogens is 361 g/mol. The molecular formula is C20H24FN5O2. The summed E-state index contributed by atoms with van der Waals surface area (Å²) in [5, 5.41) is 0. The molecule has 28 heavy (non-hydrogen) atoms. The van der Waals surface area contributed by atoms with Crippen molar-refractivity contribution in [2.24, 2.45) is 0 Å². The van der Waals surface area contributed by atoms with Crippen molar-refractivity contribution >= 4 is 17.7 Å². The fourth-order valence-electron chi connectivity index (χ4n) is 3.54. The molecule has 2 aliphatic heterocycles. The van der Waals surface area contributed by atoms with Crippen molar-refractivity contribution in [3.8, 4) is 5.75 Å². The zero-order valence-corrected chi connectivity index (χ0v) is 15.8. The number of hydrogen-bond donors (Lipinski definition) is 0. The predicted molar refractivity (Wildman–Crippen MR) is 104 cm³/mol. The van der Waals surface area contributed by atoms with Gasteiger partial charge >= 0.3 is 0 Å². The van der Waals surface area contributed by atoms with Crippen LogP contribution >= 0.6 is 0 Å². The van der Waals surface area contributed by atoms with Gasteiger partial charge in [0.1, 0.15) is 17.4 Å². The molecule has 148 valence electrons. The largest absolute Gasteiger partial charge is 0.484 e. The van der Waals surface area contributed by atoms with Gasteiger partial charge in [-0.15, -0.1) is 0 Å². The van der Waals surface area contributed by atoms with Gasteiger partial charge in [0.2, 0.25) is 5.95 Å². The quantitative estimate of drug-likeness (QED) is 0.784. The van der Waals surface area contributed by atoms with E-state index in [0.29, 0.717) is 18.8 Å². The predicted octanol–water partition coefficient (Wildman–Crippen LogP) is 1.94. The number of amides is 1. The Balaban J connectivity index is 1.28. The van der Waals surface area contributed by atoms with Crippen LogP contribution in [-0.2, 0) is 4.79 Å². The Bertz CT molecular complexity index is 802. The first kappa shape index (κ1) is 18.5. The normalized spacial score (nSPS) is 17.1. The summed E-state index contributed by atoms with van der Waals surface area (Å²) in [6.07, 6.45) is 4.19. The molecule has 0 radical (unpaired) electrons. The number of hydrogen-bond acceptors (Lipinski definition) is 6. The summed E-state index contributed by atoms with van der Waals surface area (Å²) in [6, 6.07) is 7.60. The Morgan fingerprint density at radius 2 is 1.68 bits per heavy atom. The Morgan fingerprint density at radius 3 is 2.39 bits per heavy atom. The van der Waals surface area contributed by atoms with Crippen LogP contribution < -0.4 is 14.5 Å². The molecule has 0 spiro atoms. The van der Waals surface area contributed by atoms with E-state index in [9.17, 15) is 9.18 Å². The summed E-state index contributed by atoms with van der Waals surface area (Å²) in [5.41, 5.74) is 0. The molecule has 1 amide bonds. The number of ether oxygens (including phenoxy) is 1. The Kier molecular flexibility index (Phi) is 5.55. The van der Waals surface area contributed by atoms with Gasteiger partial charge < -0.3 is 19.4 Å². The SMILES string of the molecule is O=C(COc1ccc(F)cc1)N1CCN(c2ccnc(N3CCCC3)n2)CC1. The molecule has 2 fully saturated rings. The molecule has 2 aliphatic rings. The molecule has 4 rings (SSSR count). The van der Waals surface area contributed by atoms with Gasteiger partial charge in [-0.1, -0.05) is 0 Å². The maximum Gasteiger partial charge on any atom is 0.260 e. The van der Waals surface area contributed by atoms with Crippen molar-refractivity contribution in [2.75, 3.05) is 55.7 Å². The van der Waals surface area contributed by atoms with Crippen LogP contribution in [0.15, 0.2) is 36.5 Å². The zero-order chi connectivity index (χ0) is 19.3. The number of carbonyl (C=O) groups is 1. The van der Waals surface area contributed by atoms with E-state index in [1.54, 1.807) is 4.90 Å². The average Bonchev–Trinajstić information content (AvgIpc) is 3.28. The van der Waals surface area contributed by atoms with Crippen LogP contribution in [0.5, 0.6) is 5.75 Å².